The fourth-order valence-corrected chi connectivity index (χ4v) is 9.97. The Bertz CT molecular complexity index is 2940. The molecule has 12 nitrogen and oxygen atoms in total. The molecule has 13 heteroatoms. The zero-order chi connectivity index (χ0) is 49.0. The molecule has 4 aliphatic rings. The number of carboxylic acids is 1. The average molecular weight is 975 g/mol. The van der Waals surface area contributed by atoms with Crippen molar-refractivity contribution in [1.82, 2.24) is 4.98 Å². The maximum Gasteiger partial charge on any atom is 0.345 e. The van der Waals surface area contributed by atoms with Gasteiger partial charge in [-0.1, -0.05) is 74.4 Å². The van der Waals surface area contributed by atoms with Crippen LogP contribution in [-0.2, 0) is 0 Å². The van der Waals surface area contributed by atoms with E-state index in [1.807, 2.05) is 44.3 Å². The summed E-state index contributed by atoms with van der Waals surface area (Å²) in [7, 11) is 2.01. The molecule has 4 aliphatic carbocycles. The first-order valence-electron chi connectivity index (χ1n) is 25.2. The number of aryl methyl sites for hydroxylation is 1. The summed E-state index contributed by atoms with van der Waals surface area (Å²) in [6.45, 7) is 1.99. The van der Waals surface area contributed by atoms with Crippen molar-refractivity contribution in [1.29, 1.82) is 0 Å². The van der Waals surface area contributed by atoms with E-state index < -0.39 is 11.9 Å². The predicted molar refractivity (Wildman–Crippen MR) is 280 cm³/mol. The number of pyridine rings is 1. The zero-order valence-corrected chi connectivity index (χ0v) is 41.0. The van der Waals surface area contributed by atoms with Crippen LogP contribution in [0.15, 0.2) is 109 Å². The summed E-state index contributed by atoms with van der Waals surface area (Å²) in [5.74, 6) is 0.210. The SMILES string of the molecule is Cc1cc(N(C)c2ccc(C3CCCCC3)cc2)ncc1Nc1ccc(OC2CC2)cc1C(=O)Oc1cc(Nc2cccc(C(=O)Nc3ccc(C4CCCCC4)cc3Cl)c2)c(C(=O)O)cc1OC1CC1. The van der Waals surface area contributed by atoms with E-state index in [1.165, 1.54) is 74.6 Å². The number of esters is 1. The lowest BCUT2D eigenvalue weighted by Gasteiger charge is -2.24. The molecular weight excluding hydrogens is 914 g/mol. The van der Waals surface area contributed by atoms with Crippen LogP contribution in [-0.4, -0.2) is 47.2 Å². The van der Waals surface area contributed by atoms with Gasteiger partial charge in [0.25, 0.3) is 5.91 Å². The maximum absolute atomic E-state index is 14.5. The molecule has 1 aromatic heterocycles. The first-order valence-corrected chi connectivity index (χ1v) is 25.5. The molecule has 10 rings (SSSR count). The number of carboxylic acid groups (broad SMARTS) is 1. The molecule has 4 saturated carbocycles. The van der Waals surface area contributed by atoms with Crippen molar-refractivity contribution < 1.29 is 33.7 Å². The van der Waals surface area contributed by atoms with Crippen molar-refractivity contribution in [3.8, 4) is 17.2 Å². The van der Waals surface area contributed by atoms with Gasteiger partial charge < -0.3 is 40.2 Å². The Balaban J connectivity index is 0.886. The predicted octanol–water partition coefficient (Wildman–Crippen LogP) is 14.6. The number of rotatable bonds is 17. The number of halogens is 1. The second-order valence-electron chi connectivity index (χ2n) is 19.6. The highest BCUT2D eigenvalue weighted by Gasteiger charge is 2.30. The highest BCUT2D eigenvalue weighted by atomic mass is 35.5. The Morgan fingerprint density at radius 2 is 1.32 bits per heavy atom. The lowest BCUT2D eigenvalue weighted by atomic mass is 9.84. The van der Waals surface area contributed by atoms with E-state index in [1.54, 1.807) is 42.6 Å². The van der Waals surface area contributed by atoms with Gasteiger partial charge in [-0.05, 0) is 154 Å². The molecule has 1 amide bonds. The number of aromatic carboxylic acids is 1. The maximum atomic E-state index is 14.5. The second-order valence-corrected chi connectivity index (χ2v) is 20.0. The Kier molecular flexibility index (Phi) is 14.2. The molecule has 71 heavy (non-hydrogen) atoms. The number of nitrogens with one attached hydrogen (secondary N) is 3. The number of ether oxygens (including phenoxy) is 3. The number of carbonyl (C=O) groups excluding carboxylic acids is 2. The summed E-state index contributed by atoms with van der Waals surface area (Å²) < 4.78 is 18.5. The minimum absolute atomic E-state index is 0.0195. The second kappa shape index (κ2) is 21.1. The summed E-state index contributed by atoms with van der Waals surface area (Å²) in [5.41, 5.74) is 7.14. The minimum Gasteiger partial charge on any atom is -0.490 e. The number of hydrogen-bond donors (Lipinski definition) is 4. The molecule has 0 saturated heterocycles. The number of nitrogens with zero attached hydrogens (tertiary/aromatic N) is 2. The highest BCUT2D eigenvalue weighted by molar-refractivity contribution is 6.34. The molecule has 4 fully saturated rings. The van der Waals surface area contributed by atoms with Crippen molar-refractivity contribution in [2.45, 2.75) is 121 Å². The third-order valence-electron chi connectivity index (χ3n) is 14.2. The van der Waals surface area contributed by atoms with Crippen LogP contribution >= 0.6 is 11.6 Å². The number of carbonyl (C=O) groups is 3. The van der Waals surface area contributed by atoms with Crippen molar-refractivity contribution in [2.24, 2.45) is 0 Å². The van der Waals surface area contributed by atoms with Gasteiger partial charge in [-0.25, -0.2) is 14.6 Å². The quantitative estimate of drug-likeness (QED) is 0.0511. The molecule has 366 valence electrons. The molecular formula is C58H60ClN5O7. The molecule has 0 radical (unpaired) electrons. The van der Waals surface area contributed by atoms with Crippen LogP contribution in [0.2, 0.25) is 5.02 Å². The molecule has 0 bridgehead atoms. The lowest BCUT2D eigenvalue weighted by molar-refractivity contribution is 0.0696. The van der Waals surface area contributed by atoms with Gasteiger partial charge in [0.2, 0.25) is 0 Å². The monoisotopic (exact) mass is 973 g/mol. The molecule has 5 aromatic carbocycles. The Labute approximate surface area is 420 Å². The van der Waals surface area contributed by atoms with Crippen LogP contribution in [0.4, 0.5) is 39.9 Å². The van der Waals surface area contributed by atoms with Gasteiger partial charge in [0.15, 0.2) is 11.5 Å². The van der Waals surface area contributed by atoms with Gasteiger partial charge in [0.05, 0.1) is 57.3 Å². The van der Waals surface area contributed by atoms with Crippen LogP contribution in [0.25, 0.3) is 0 Å². The van der Waals surface area contributed by atoms with E-state index in [2.05, 4.69) is 45.1 Å². The van der Waals surface area contributed by atoms with E-state index in [4.69, 9.17) is 30.8 Å². The van der Waals surface area contributed by atoms with Crippen molar-refractivity contribution in [3.05, 3.63) is 148 Å². The number of aromatic nitrogens is 1. The summed E-state index contributed by atoms with van der Waals surface area (Å²) >= 11 is 6.69. The molecule has 6 aromatic rings. The van der Waals surface area contributed by atoms with Crippen molar-refractivity contribution >= 4 is 69.4 Å². The van der Waals surface area contributed by atoms with Gasteiger partial charge >= 0.3 is 11.9 Å². The molecule has 4 N–H and O–H groups in total. The van der Waals surface area contributed by atoms with Gasteiger partial charge in [-0.15, -0.1) is 0 Å². The van der Waals surface area contributed by atoms with E-state index >= 15 is 0 Å². The number of hydrogen-bond acceptors (Lipinski definition) is 10. The van der Waals surface area contributed by atoms with E-state index in [0.717, 1.165) is 55.6 Å². The largest absolute Gasteiger partial charge is 0.490 e. The van der Waals surface area contributed by atoms with E-state index in [9.17, 15) is 19.5 Å². The number of anilines is 7. The summed E-state index contributed by atoms with van der Waals surface area (Å²) in [4.78, 5) is 47.8. The third kappa shape index (κ3) is 11.6. The Morgan fingerprint density at radius 3 is 2.00 bits per heavy atom. The highest BCUT2D eigenvalue weighted by Crippen LogP contribution is 2.42. The van der Waals surface area contributed by atoms with Crippen LogP contribution in [0.3, 0.4) is 0 Å². The summed E-state index contributed by atoms with van der Waals surface area (Å²) in [6.07, 6.45) is 17.5. The fraction of sp³-hybridized carbons (Fsp3) is 0.345. The standard InChI is InChI=1S/C58H60ClN5O7/c1-35-28-55(64(2)42-19-16-38(17-20-42)36-10-5-3-6-11-36)60-34-52(35)62-49-27-25-45(69-43-21-22-43)31-47(49)58(68)71-54-33-51(46(57(66)67)32-53(54)70-44-23-24-44)61-41-15-9-14-40(29-41)56(65)63-50-26-18-39(30-48(50)59)37-12-7-4-8-13-37/h9,14-20,25-34,36-37,43-44,61-62H,3-8,10-13,21-24H2,1-2H3,(H,63,65)(H,66,67). The first-order chi connectivity index (χ1) is 34.5. The Hall–Kier alpha value is -7.05. The fourth-order valence-electron chi connectivity index (χ4n) is 9.73. The van der Waals surface area contributed by atoms with Crippen LogP contribution < -0.4 is 35.1 Å². The summed E-state index contributed by atoms with van der Waals surface area (Å²) in [5, 5.41) is 20.5. The molecule has 0 spiro atoms. The van der Waals surface area contributed by atoms with Gasteiger partial charge in [-0.2, -0.15) is 0 Å². The molecule has 0 unspecified atom stereocenters. The van der Waals surface area contributed by atoms with E-state index in [0.29, 0.717) is 50.9 Å². The summed E-state index contributed by atoms with van der Waals surface area (Å²) in [6, 6.07) is 31.4. The van der Waals surface area contributed by atoms with Crippen LogP contribution in [0.1, 0.15) is 149 Å². The molecule has 0 atom stereocenters. The van der Waals surface area contributed by atoms with Gasteiger partial charge in [0.1, 0.15) is 11.6 Å². The van der Waals surface area contributed by atoms with E-state index in [-0.39, 0.29) is 46.4 Å². The number of amides is 1. The smallest absolute Gasteiger partial charge is 0.345 e. The Morgan fingerprint density at radius 1 is 0.648 bits per heavy atom. The lowest BCUT2D eigenvalue weighted by Crippen LogP contribution is -2.15. The normalized spacial score (nSPS) is 16.2. The van der Waals surface area contributed by atoms with Gasteiger partial charge in [0, 0.05) is 36.1 Å². The average Bonchev–Trinajstić information content (AvgIpc) is 4.35. The first kappa shape index (κ1) is 47.6. The minimum atomic E-state index is -1.23. The van der Waals surface area contributed by atoms with Crippen LogP contribution in [0.5, 0.6) is 17.2 Å². The molecule has 1 heterocycles. The van der Waals surface area contributed by atoms with Gasteiger partial charge in [-0.3, -0.25) is 4.79 Å². The zero-order valence-electron chi connectivity index (χ0n) is 40.3. The topological polar surface area (TPSA) is 151 Å². The van der Waals surface area contributed by atoms with Crippen LogP contribution in [0, 0.1) is 6.92 Å². The van der Waals surface area contributed by atoms with Crippen molar-refractivity contribution in [2.75, 3.05) is 27.9 Å². The third-order valence-corrected chi connectivity index (χ3v) is 14.5. The number of benzene rings is 5. The van der Waals surface area contributed by atoms with Crippen molar-refractivity contribution in [3.63, 3.8) is 0 Å². The molecule has 0 aliphatic heterocycles.